The van der Waals surface area contributed by atoms with Crippen molar-refractivity contribution < 1.29 is 4.79 Å². The summed E-state index contributed by atoms with van der Waals surface area (Å²) in [6.45, 7) is 4.04. The molecule has 6 heteroatoms. The summed E-state index contributed by atoms with van der Waals surface area (Å²) >= 11 is 1.33. The third kappa shape index (κ3) is 3.63. The van der Waals surface area contributed by atoms with Crippen molar-refractivity contribution in [3.8, 4) is 11.8 Å². The van der Waals surface area contributed by atoms with E-state index >= 15 is 0 Å². The van der Waals surface area contributed by atoms with Gasteiger partial charge in [-0.05, 0) is 37.6 Å². The zero-order valence-electron chi connectivity index (χ0n) is 11.2. The lowest BCUT2D eigenvalue weighted by Gasteiger charge is -2.03. The first-order valence-electron chi connectivity index (χ1n) is 6.00. The van der Waals surface area contributed by atoms with Gasteiger partial charge >= 0.3 is 0 Å². The molecular weight excluding hydrogens is 272 g/mol. The van der Waals surface area contributed by atoms with Gasteiger partial charge in [-0.1, -0.05) is 23.2 Å². The van der Waals surface area contributed by atoms with E-state index in [1.54, 1.807) is 12.1 Å². The van der Waals surface area contributed by atoms with Crippen molar-refractivity contribution in [1.29, 1.82) is 0 Å². The topological polar surface area (TPSA) is 80.9 Å². The van der Waals surface area contributed by atoms with Crippen LogP contribution in [0.15, 0.2) is 18.2 Å². The molecule has 1 aromatic carbocycles. The second kappa shape index (κ2) is 6.28. The lowest BCUT2D eigenvalue weighted by atomic mass is 10.1. The Bertz CT molecular complexity index is 697. The van der Waals surface area contributed by atoms with E-state index in [9.17, 15) is 4.79 Å². The van der Waals surface area contributed by atoms with Crippen molar-refractivity contribution in [2.75, 3.05) is 11.9 Å². The van der Waals surface area contributed by atoms with Gasteiger partial charge in [0.05, 0.1) is 6.54 Å². The Hall–Kier alpha value is -2.23. The van der Waals surface area contributed by atoms with Crippen LogP contribution >= 0.6 is 11.3 Å². The zero-order chi connectivity index (χ0) is 14.5. The number of amides is 1. The fourth-order valence-electron chi connectivity index (χ4n) is 1.66. The van der Waals surface area contributed by atoms with Gasteiger partial charge in [0, 0.05) is 11.1 Å². The number of aromatic nitrogens is 2. The number of carbonyl (C=O) groups excluding carboxylic acids is 1. The van der Waals surface area contributed by atoms with Gasteiger partial charge in [-0.15, -0.1) is 10.2 Å². The molecule has 0 saturated carbocycles. The van der Waals surface area contributed by atoms with Crippen molar-refractivity contribution in [1.82, 2.24) is 10.2 Å². The average molecular weight is 286 g/mol. The molecule has 0 bridgehead atoms. The Balaban J connectivity index is 2.23. The number of benzene rings is 1. The number of hydrogen-bond acceptors (Lipinski definition) is 5. The van der Waals surface area contributed by atoms with Gasteiger partial charge in [-0.25, -0.2) is 0 Å². The van der Waals surface area contributed by atoms with E-state index in [-0.39, 0.29) is 5.91 Å². The van der Waals surface area contributed by atoms with Crippen LogP contribution in [0.2, 0.25) is 0 Å². The van der Waals surface area contributed by atoms with Crippen molar-refractivity contribution in [3.05, 3.63) is 39.9 Å². The van der Waals surface area contributed by atoms with E-state index < -0.39 is 0 Å². The number of nitrogens with two attached hydrogens (primary N) is 1. The highest BCUT2D eigenvalue weighted by Crippen LogP contribution is 2.16. The van der Waals surface area contributed by atoms with Crippen LogP contribution in [0.5, 0.6) is 0 Å². The summed E-state index contributed by atoms with van der Waals surface area (Å²) in [5.74, 6) is 5.48. The van der Waals surface area contributed by atoms with Crippen LogP contribution in [0.4, 0.5) is 5.13 Å². The van der Waals surface area contributed by atoms with Crippen LogP contribution in [0.3, 0.4) is 0 Å². The molecule has 0 fully saturated rings. The van der Waals surface area contributed by atoms with Gasteiger partial charge < -0.3 is 5.73 Å². The molecule has 1 amide bonds. The molecule has 5 nitrogen and oxygen atoms in total. The lowest BCUT2D eigenvalue weighted by Crippen LogP contribution is -2.12. The molecule has 0 aliphatic rings. The van der Waals surface area contributed by atoms with E-state index in [0.717, 1.165) is 16.1 Å². The molecule has 2 rings (SSSR count). The monoisotopic (exact) mass is 286 g/mol. The number of anilines is 1. The second-order valence-electron chi connectivity index (χ2n) is 4.17. The number of hydrogen-bond donors (Lipinski definition) is 2. The van der Waals surface area contributed by atoms with Crippen molar-refractivity contribution in [2.45, 2.75) is 13.8 Å². The third-order valence-corrected chi connectivity index (χ3v) is 3.17. The predicted molar refractivity (Wildman–Crippen MR) is 79.7 cm³/mol. The van der Waals surface area contributed by atoms with Crippen molar-refractivity contribution in [3.63, 3.8) is 0 Å². The maximum absolute atomic E-state index is 12.2. The quantitative estimate of drug-likeness (QED) is 0.824. The summed E-state index contributed by atoms with van der Waals surface area (Å²) in [5.41, 5.74) is 7.63. The van der Waals surface area contributed by atoms with Gasteiger partial charge in [0.1, 0.15) is 5.01 Å². The number of rotatable bonds is 2. The molecule has 1 aromatic heterocycles. The molecule has 0 saturated heterocycles. The van der Waals surface area contributed by atoms with Crippen LogP contribution < -0.4 is 11.1 Å². The highest BCUT2D eigenvalue weighted by atomic mass is 32.1. The van der Waals surface area contributed by atoms with Gasteiger partial charge in [0.2, 0.25) is 5.13 Å². The summed E-state index contributed by atoms with van der Waals surface area (Å²) in [6.07, 6.45) is 0. The summed E-state index contributed by atoms with van der Waals surface area (Å²) in [5, 5.41) is 11.7. The zero-order valence-corrected chi connectivity index (χ0v) is 12.0. The Kier molecular flexibility index (Phi) is 4.45. The molecule has 102 valence electrons. The molecule has 20 heavy (non-hydrogen) atoms. The fraction of sp³-hybridized carbons (Fsp3) is 0.214. The third-order valence-electron chi connectivity index (χ3n) is 2.42. The van der Waals surface area contributed by atoms with Gasteiger partial charge in [0.25, 0.3) is 5.91 Å². The number of nitrogens with one attached hydrogen (secondary N) is 1. The Morgan fingerprint density at radius 2 is 2.15 bits per heavy atom. The van der Waals surface area contributed by atoms with E-state index in [2.05, 4.69) is 27.4 Å². The van der Waals surface area contributed by atoms with Crippen LogP contribution in [-0.2, 0) is 0 Å². The van der Waals surface area contributed by atoms with E-state index in [1.807, 2.05) is 19.9 Å². The lowest BCUT2D eigenvalue weighted by molar-refractivity contribution is 0.102. The van der Waals surface area contributed by atoms with E-state index in [0.29, 0.717) is 17.2 Å². The van der Waals surface area contributed by atoms with Crippen molar-refractivity contribution in [2.24, 2.45) is 5.73 Å². The number of carbonyl (C=O) groups is 1. The fourth-order valence-corrected chi connectivity index (χ4v) is 2.24. The minimum Gasteiger partial charge on any atom is -0.320 e. The van der Waals surface area contributed by atoms with Crippen LogP contribution in [-0.4, -0.2) is 22.6 Å². The van der Waals surface area contributed by atoms with Crippen LogP contribution in [0, 0.1) is 25.7 Å². The Labute approximate surface area is 121 Å². The van der Waals surface area contributed by atoms with Gasteiger partial charge in [0.15, 0.2) is 0 Å². The maximum atomic E-state index is 12.2. The average Bonchev–Trinajstić information content (AvgIpc) is 2.81. The molecule has 0 aliphatic carbocycles. The molecule has 0 radical (unpaired) electrons. The highest BCUT2D eigenvalue weighted by molar-refractivity contribution is 7.15. The SMILES string of the molecule is Cc1cc(C#CCN)cc(C(=O)Nc2nnc(C)s2)c1. The first-order valence-corrected chi connectivity index (χ1v) is 6.82. The largest absolute Gasteiger partial charge is 0.320 e. The molecule has 1 heterocycles. The minimum atomic E-state index is -0.222. The summed E-state index contributed by atoms with van der Waals surface area (Å²) < 4.78 is 0. The van der Waals surface area contributed by atoms with Gasteiger partial charge in [-0.3, -0.25) is 10.1 Å². The first-order chi connectivity index (χ1) is 9.58. The normalized spacial score (nSPS) is 9.75. The number of aryl methyl sites for hydroxylation is 2. The Morgan fingerprint density at radius 1 is 1.35 bits per heavy atom. The summed E-state index contributed by atoms with van der Waals surface area (Å²) in [7, 11) is 0. The first kappa shape index (κ1) is 14.2. The summed E-state index contributed by atoms with van der Waals surface area (Å²) in [4.78, 5) is 12.2. The predicted octanol–water partition coefficient (Wildman–Crippen LogP) is 1.72. The van der Waals surface area contributed by atoms with Crippen LogP contribution in [0.1, 0.15) is 26.5 Å². The molecular formula is C14H14N4OS. The maximum Gasteiger partial charge on any atom is 0.257 e. The molecule has 0 unspecified atom stereocenters. The number of nitrogens with zero attached hydrogens (tertiary/aromatic N) is 2. The molecule has 0 aliphatic heterocycles. The molecule has 3 N–H and O–H groups in total. The van der Waals surface area contributed by atoms with Gasteiger partial charge in [-0.2, -0.15) is 0 Å². The van der Waals surface area contributed by atoms with Crippen LogP contribution in [0.25, 0.3) is 0 Å². The molecule has 0 atom stereocenters. The Morgan fingerprint density at radius 3 is 2.80 bits per heavy atom. The van der Waals surface area contributed by atoms with E-state index in [4.69, 9.17) is 5.73 Å². The highest BCUT2D eigenvalue weighted by Gasteiger charge is 2.10. The molecule has 2 aromatic rings. The molecule has 0 spiro atoms. The second-order valence-corrected chi connectivity index (χ2v) is 5.36. The van der Waals surface area contributed by atoms with Crippen molar-refractivity contribution >= 4 is 22.4 Å². The van der Waals surface area contributed by atoms with E-state index in [1.165, 1.54) is 11.3 Å². The standard InChI is InChI=1S/C14H14N4OS/c1-9-6-11(4-3-5-15)8-12(7-9)13(19)16-14-18-17-10(2)20-14/h6-8H,5,15H2,1-2H3,(H,16,18,19). The summed E-state index contributed by atoms with van der Waals surface area (Å²) in [6, 6.07) is 5.45. The smallest absolute Gasteiger partial charge is 0.257 e. The minimum absolute atomic E-state index is 0.222.